The predicted molar refractivity (Wildman–Crippen MR) is 103 cm³/mol. The zero-order valence-electron chi connectivity index (χ0n) is 14.6. The Labute approximate surface area is 153 Å². The normalized spacial score (nSPS) is 17.0. The fourth-order valence-electron chi connectivity index (χ4n) is 3.16. The molecule has 3 aromatic heterocycles. The van der Waals surface area contributed by atoms with Gasteiger partial charge in [-0.2, -0.15) is 0 Å². The van der Waals surface area contributed by atoms with Gasteiger partial charge in [0.25, 0.3) is 0 Å². The van der Waals surface area contributed by atoms with Gasteiger partial charge in [-0.15, -0.1) is 0 Å². The minimum absolute atomic E-state index is 0.626. The van der Waals surface area contributed by atoms with E-state index >= 15 is 0 Å². The molecule has 132 valence electrons. The Morgan fingerprint density at radius 3 is 2.73 bits per heavy atom. The van der Waals surface area contributed by atoms with Crippen LogP contribution in [0.15, 0.2) is 55.0 Å². The van der Waals surface area contributed by atoms with Gasteiger partial charge >= 0.3 is 0 Å². The Hall–Kier alpha value is -2.86. The molecule has 6 nitrogen and oxygen atoms in total. The summed E-state index contributed by atoms with van der Waals surface area (Å²) in [7, 11) is 0. The molecule has 6 heteroatoms. The first-order valence-electron chi connectivity index (χ1n) is 9.04. The summed E-state index contributed by atoms with van der Waals surface area (Å²) in [6, 6.07) is 11.7. The van der Waals surface area contributed by atoms with Gasteiger partial charge in [-0.05, 0) is 56.1 Å². The van der Waals surface area contributed by atoms with E-state index in [0.29, 0.717) is 11.7 Å². The maximum absolute atomic E-state index is 4.72. The molecule has 0 aliphatic carbocycles. The fraction of sp³-hybridized carbons (Fsp3) is 0.300. The lowest BCUT2D eigenvalue weighted by Crippen LogP contribution is -2.33. The number of piperidine rings is 1. The first-order valence-corrected chi connectivity index (χ1v) is 9.04. The topological polar surface area (TPSA) is 75.6 Å². The van der Waals surface area contributed by atoms with Crippen molar-refractivity contribution >= 4 is 5.82 Å². The zero-order valence-corrected chi connectivity index (χ0v) is 14.6. The van der Waals surface area contributed by atoms with Gasteiger partial charge in [0.15, 0.2) is 5.82 Å². The van der Waals surface area contributed by atoms with Crippen LogP contribution in [0.2, 0.25) is 0 Å². The summed E-state index contributed by atoms with van der Waals surface area (Å²) in [4.78, 5) is 17.9. The molecule has 4 heterocycles. The van der Waals surface area contributed by atoms with E-state index in [1.807, 2.05) is 36.4 Å². The monoisotopic (exact) mass is 346 g/mol. The highest BCUT2D eigenvalue weighted by Crippen LogP contribution is 2.23. The quantitative estimate of drug-likeness (QED) is 0.740. The van der Waals surface area contributed by atoms with Gasteiger partial charge in [0.2, 0.25) is 0 Å². The summed E-state index contributed by atoms with van der Waals surface area (Å²) < 4.78 is 0. The molecule has 0 aromatic carbocycles. The molecule has 0 saturated carbocycles. The molecule has 4 rings (SSSR count). The van der Waals surface area contributed by atoms with Gasteiger partial charge in [0.1, 0.15) is 5.82 Å². The number of rotatable bonds is 5. The smallest absolute Gasteiger partial charge is 0.162 e. The molecule has 0 spiro atoms. The van der Waals surface area contributed by atoms with E-state index in [2.05, 4.69) is 20.6 Å². The summed E-state index contributed by atoms with van der Waals surface area (Å²) in [5.41, 5.74) is 2.60. The van der Waals surface area contributed by atoms with Crippen LogP contribution in [0.5, 0.6) is 0 Å². The predicted octanol–water partition coefficient (Wildman–Crippen LogP) is 3.01. The summed E-state index contributed by atoms with van der Waals surface area (Å²) in [6.07, 6.45) is 7.77. The molecule has 0 bridgehead atoms. The third-order valence-electron chi connectivity index (χ3n) is 4.56. The van der Waals surface area contributed by atoms with Crippen LogP contribution in [0, 0.1) is 5.92 Å². The van der Waals surface area contributed by atoms with Crippen molar-refractivity contribution in [3.05, 3.63) is 55.0 Å². The molecule has 2 N–H and O–H groups in total. The van der Waals surface area contributed by atoms with Gasteiger partial charge in [-0.1, -0.05) is 6.07 Å². The van der Waals surface area contributed by atoms with Gasteiger partial charge in [-0.25, -0.2) is 9.97 Å². The number of aromatic nitrogens is 4. The maximum Gasteiger partial charge on any atom is 0.162 e. The van der Waals surface area contributed by atoms with Crippen LogP contribution in [0.3, 0.4) is 0 Å². The third-order valence-corrected chi connectivity index (χ3v) is 4.56. The Morgan fingerprint density at radius 1 is 1.04 bits per heavy atom. The van der Waals surface area contributed by atoms with Gasteiger partial charge in [0.05, 0.1) is 11.4 Å². The van der Waals surface area contributed by atoms with Crippen molar-refractivity contribution < 1.29 is 0 Å². The van der Waals surface area contributed by atoms with Crippen molar-refractivity contribution in [1.82, 2.24) is 25.3 Å². The van der Waals surface area contributed by atoms with Gasteiger partial charge in [-0.3, -0.25) is 9.97 Å². The Balaban J connectivity index is 1.64. The molecule has 0 radical (unpaired) electrons. The number of hydrogen-bond donors (Lipinski definition) is 2. The van der Waals surface area contributed by atoms with E-state index < -0.39 is 0 Å². The van der Waals surface area contributed by atoms with Gasteiger partial charge < -0.3 is 10.6 Å². The minimum Gasteiger partial charge on any atom is -0.370 e. The number of anilines is 1. The lowest BCUT2D eigenvalue weighted by molar-refractivity contribution is 0.392. The SMILES string of the molecule is c1ccc(-c2cc(NCC3CCCNC3)nc(-c3ccncc3)n2)nc1. The lowest BCUT2D eigenvalue weighted by Gasteiger charge is -2.23. The van der Waals surface area contributed by atoms with E-state index in [1.54, 1.807) is 18.6 Å². The summed E-state index contributed by atoms with van der Waals surface area (Å²) >= 11 is 0. The van der Waals surface area contributed by atoms with Crippen molar-refractivity contribution in [2.45, 2.75) is 12.8 Å². The highest BCUT2D eigenvalue weighted by atomic mass is 15.0. The Morgan fingerprint density at radius 2 is 1.96 bits per heavy atom. The van der Waals surface area contributed by atoms with Crippen molar-refractivity contribution in [3.63, 3.8) is 0 Å². The molecule has 1 atom stereocenters. The van der Waals surface area contributed by atoms with E-state index in [-0.39, 0.29) is 0 Å². The van der Waals surface area contributed by atoms with Crippen LogP contribution >= 0.6 is 0 Å². The molecule has 1 aliphatic rings. The zero-order chi connectivity index (χ0) is 17.6. The first-order chi connectivity index (χ1) is 12.9. The first kappa shape index (κ1) is 16.6. The maximum atomic E-state index is 4.72. The van der Waals surface area contributed by atoms with Crippen LogP contribution in [-0.2, 0) is 0 Å². The van der Waals surface area contributed by atoms with E-state index in [0.717, 1.165) is 42.4 Å². The highest BCUT2D eigenvalue weighted by Gasteiger charge is 2.14. The second-order valence-electron chi connectivity index (χ2n) is 6.51. The average molecular weight is 346 g/mol. The number of nitrogens with one attached hydrogen (secondary N) is 2. The van der Waals surface area contributed by atoms with Crippen molar-refractivity contribution in [1.29, 1.82) is 0 Å². The lowest BCUT2D eigenvalue weighted by atomic mass is 10.00. The van der Waals surface area contributed by atoms with Crippen molar-refractivity contribution in [2.24, 2.45) is 5.92 Å². The largest absolute Gasteiger partial charge is 0.370 e. The van der Waals surface area contributed by atoms with Crippen molar-refractivity contribution in [3.8, 4) is 22.8 Å². The number of pyridine rings is 2. The minimum atomic E-state index is 0.626. The molecule has 26 heavy (non-hydrogen) atoms. The van der Waals surface area contributed by atoms with Gasteiger partial charge in [0, 0.05) is 36.8 Å². The number of nitrogens with zero attached hydrogens (tertiary/aromatic N) is 4. The van der Waals surface area contributed by atoms with Crippen molar-refractivity contribution in [2.75, 3.05) is 25.0 Å². The summed E-state index contributed by atoms with van der Waals surface area (Å²) in [5, 5.41) is 6.96. The molecular weight excluding hydrogens is 324 g/mol. The van der Waals surface area contributed by atoms with E-state index in [4.69, 9.17) is 9.97 Å². The number of hydrogen-bond acceptors (Lipinski definition) is 6. The molecule has 0 amide bonds. The summed E-state index contributed by atoms with van der Waals surface area (Å²) in [5.74, 6) is 2.14. The second-order valence-corrected chi connectivity index (χ2v) is 6.51. The Kier molecular flexibility index (Phi) is 5.12. The van der Waals surface area contributed by atoms with Crippen LogP contribution in [0.25, 0.3) is 22.8 Å². The van der Waals surface area contributed by atoms with E-state index in [1.165, 1.54) is 12.8 Å². The van der Waals surface area contributed by atoms with E-state index in [9.17, 15) is 0 Å². The molecule has 3 aromatic rings. The second kappa shape index (κ2) is 8.01. The Bertz CT molecular complexity index is 774. The van der Waals surface area contributed by atoms with Crippen LogP contribution < -0.4 is 10.6 Å². The summed E-state index contributed by atoms with van der Waals surface area (Å²) in [6.45, 7) is 3.09. The molecule has 1 fully saturated rings. The van der Waals surface area contributed by atoms with Crippen LogP contribution in [0.1, 0.15) is 12.8 Å². The van der Waals surface area contributed by atoms with Crippen LogP contribution in [0.4, 0.5) is 5.82 Å². The third kappa shape index (κ3) is 4.03. The molecule has 1 saturated heterocycles. The molecule has 1 aliphatic heterocycles. The molecule has 1 unspecified atom stereocenters. The van der Waals surface area contributed by atoms with Crippen LogP contribution in [-0.4, -0.2) is 39.6 Å². The highest BCUT2D eigenvalue weighted by molar-refractivity contribution is 5.65. The average Bonchev–Trinajstić information content (AvgIpc) is 2.74. The molecular formula is C20H22N6. The standard InChI is InChI=1S/C20H22N6/c1-2-9-23-17(5-1)18-12-19(24-14-15-4-3-8-22-13-15)26-20(25-18)16-6-10-21-11-7-16/h1-2,5-7,9-12,15,22H,3-4,8,13-14H2,(H,24,25,26). The fourth-order valence-corrected chi connectivity index (χ4v) is 3.16.